The van der Waals surface area contributed by atoms with Crippen LogP contribution < -0.4 is 10.6 Å². The van der Waals surface area contributed by atoms with Crippen LogP contribution in [0.5, 0.6) is 0 Å². The molecular weight excluding hydrogens is 392 g/mol. The lowest BCUT2D eigenvalue weighted by Crippen LogP contribution is -2.32. The summed E-state index contributed by atoms with van der Waals surface area (Å²) in [5.74, 6) is -0.592. The zero-order chi connectivity index (χ0) is 17.7. The summed E-state index contributed by atoms with van der Waals surface area (Å²) in [6.07, 6.45) is 0.827. The number of hydrogen-bond donors (Lipinski definition) is 2. The van der Waals surface area contributed by atoms with Crippen LogP contribution in [0.4, 0.5) is 5.69 Å². The van der Waals surface area contributed by atoms with E-state index in [1.165, 1.54) is 0 Å². The second kappa shape index (κ2) is 8.31. The molecule has 0 bridgehead atoms. The van der Waals surface area contributed by atoms with Gasteiger partial charge in [0, 0.05) is 10.5 Å². The van der Waals surface area contributed by atoms with Gasteiger partial charge in [-0.15, -0.1) is 0 Å². The van der Waals surface area contributed by atoms with Crippen LogP contribution in [0.25, 0.3) is 0 Å². The Morgan fingerprint density at radius 2 is 1.83 bits per heavy atom. The van der Waals surface area contributed by atoms with Crippen molar-refractivity contribution in [1.82, 2.24) is 5.32 Å². The van der Waals surface area contributed by atoms with E-state index in [1.54, 1.807) is 42.5 Å². The van der Waals surface area contributed by atoms with Crippen LogP contribution in [0.15, 0.2) is 46.9 Å². The summed E-state index contributed by atoms with van der Waals surface area (Å²) in [6.45, 7) is 3.92. The molecule has 0 saturated heterocycles. The molecule has 4 nitrogen and oxygen atoms in total. The van der Waals surface area contributed by atoms with Gasteiger partial charge in [0.15, 0.2) is 0 Å². The SMILES string of the molecule is CC[C@H](C)NC(=O)c1ccccc1NC(=O)c1cc(Br)ccc1Cl. The van der Waals surface area contributed by atoms with Gasteiger partial charge < -0.3 is 10.6 Å². The molecule has 6 heteroatoms. The number of nitrogens with one attached hydrogen (secondary N) is 2. The molecule has 2 aromatic carbocycles. The molecule has 0 aliphatic heterocycles. The first kappa shape index (κ1) is 18.5. The van der Waals surface area contributed by atoms with Gasteiger partial charge in [0.1, 0.15) is 0 Å². The highest BCUT2D eigenvalue weighted by molar-refractivity contribution is 9.10. The van der Waals surface area contributed by atoms with Crippen LogP contribution in [0.3, 0.4) is 0 Å². The first-order chi connectivity index (χ1) is 11.4. The highest BCUT2D eigenvalue weighted by Gasteiger charge is 2.17. The standard InChI is InChI=1S/C18H18BrClN2O2/c1-3-11(2)21-17(23)13-6-4-5-7-16(13)22-18(24)14-10-12(19)8-9-15(14)20/h4-11H,3H2,1-2H3,(H,21,23)(H,22,24)/t11-/m0/s1. The number of amides is 2. The van der Waals surface area contributed by atoms with E-state index in [4.69, 9.17) is 11.6 Å². The molecule has 2 rings (SSSR count). The van der Waals surface area contributed by atoms with Crippen LogP contribution in [0, 0.1) is 0 Å². The Morgan fingerprint density at radius 1 is 1.12 bits per heavy atom. The summed E-state index contributed by atoms with van der Waals surface area (Å²) >= 11 is 9.41. The minimum Gasteiger partial charge on any atom is -0.350 e. The van der Waals surface area contributed by atoms with Crippen molar-refractivity contribution in [1.29, 1.82) is 0 Å². The molecule has 0 aliphatic rings. The zero-order valence-electron chi connectivity index (χ0n) is 13.4. The Balaban J connectivity index is 2.25. The van der Waals surface area contributed by atoms with Gasteiger partial charge in [-0.25, -0.2) is 0 Å². The fourth-order valence-corrected chi connectivity index (χ4v) is 2.62. The van der Waals surface area contributed by atoms with Gasteiger partial charge in [0.2, 0.25) is 0 Å². The Kier molecular flexibility index (Phi) is 6.40. The summed E-state index contributed by atoms with van der Waals surface area (Å²) in [7, 11) is 0. The number of halogens is 2. The van der Waals surface area contributed by atoms with Crippen molar-refractivity contribution in [3.63, 3.8) is 0 Å². The maximum atomic E-state index is 12.5. The van der Waals surface area contributed by atoms with Crippen molar-refractivity contribution in [3.8, 4) is 0 Å². The van der Waals surface area contributed by atoms with E-state index in [0.717, 1.165) is 10.9 Å². The molecule has 2 N–H and O–H groups in total. The largest absolute Gasteiger partial charge is 0.350 e. The van der Waals surface area contributed by atoms with E-state index in [1.807, 2.05) is 13.8 Å². The van der Waals surface area contributed by atoms with E-state index in [-0.39, 0.29) is 17.9 Å². The van der Waals surface area contributed by atoms with Crippen molar-refractivity contribution in [2.24, 2.45) is 0 Å². The van der Waals surface area contributed by atoms with E-state index >= 15 is 0 Å². The molecule has 0 aromatic heterocycles. The highest BCUT2D eigenvalue weighted by Crippen LogP contribution is 2.23. The number of rotatable bonds is 5. The summed E-state index contributed by atoms with van der Waals surface area (Å²) in [4.78, 5) is 24.9. The maximum absolute atomic E-state index is 12.5. The molecule has 0 fully saturated rings. The van der Waals surface area contributed by atoms with Gasteiger partial charge in [0.25, 0.3) is 11.8 Å². The summed E-state index contributed by atoms with van der Waals surface area (Å²) in [5, 5.41) is 6.00. The molecule has 2 aromatic rings. The van der Waals surface area contributed by atoms with E-state index in [0.29, 0.717) is 21.8 Å². The minimum absolute atomic E-state index is 0.0563. The molecule has 0 aliphatic carbocycles. The monoisotopic (exact) mass is 408 g/mol. The lowest BCUT2D eigenvalue weighted by Gasteiger charge is -2.15. The first-order valence-electron chi connectivity index (χ1n) is 7.58. The van der Waals surface area contributed by atoms with Crippen molar-refractivity contribution in [2.75, 3.05) is 5.32 Å². The highest BCUT2D eigenvalue weighted by atomic mass is 79.9. The van der Waals surface area contributed by atoms with Crippen molar-refractivity contribution < 1.29 is 9.59 Å². The molecule has 0 spiro atoms. The zero-order valence-corrected chi connectivity index (χ0v) is 15.7. The van der Waals surface area contributed by atoms with E-state index in [2.05, 4.69) is 26.6 Å². The second-order valence-electron chi connectivity index (χ2n) is 5.41. The third kappa shape index (κ3) is 4.58. The Hall–Kier alpha value is -1.85. The fourth-order valence-electron chi connectivity index (χ4n) is 2.05. The molecule has 0 saturated carbocycles. The number of carbonyl (C=O) groups is 2. The molecule has 0 heterocycles. The number of anilines is 1. The molecular formula is C18H18BrClN2O2. The van der Waals surface area contributed by atoms with Crippen LogP contribution in [-0.2, 0) is 0 Å². The fraction of sp³-hybridized carbons (Fsp3) is 0.222. The van der Waals surface area contributed by atoms with Crippen LogP contribution in [-0.4, -0.2) is 17.9 Å². The molecule has 126 valence electrons. The molecule has 2 amide bonds. The van der Waals surface area contributed by atoms with E-state index < -0.39 is 0 Å². The first-order valence-corrected chi connectivity index (χ1v) is 8.75. The predicted octanol–water partition coefficient (Wildman–Crippen LogP) is 4.88. The number of carbonyl (C=O) groups excluding carboxylic acids is 2. The Labute approximate surface area is 154 Å². The summed E-state index contributed by atoms with van der Waals surface area (Å²) in [5.41, 5.74) is 1.19. The number of benzene rings is 2. The van der Waals surface area contributed by atoms with Crippen molar-refractivity contribution >= 4 is 45.0 Å². The van der Waals surface area contributed by atoms with Gasteiger partial charge >= 0.3 is 0 Å². The molecule has 1 atom stereocenters. The summed E-state index contributed by atoms with van der Waals surface area (Å²) < 4.78 is 0.750. The number of para-hydroxylation sites is 1. The third-order valence-corrected chi connectivity index (χ3v) is 4.41. The molecule has 0 radical (unpaired) electrons. The quantitative estimate of drug-likeness (QED) is 0.739. The average molecular weight is 410 g/mol. The van der Waals surface area contributed by atoms with Crippen molar-refractivity contribution in [2.45, 2.75) is 26.3 Å². The number of hydrogen-bond acceptors (Lipinski definition) is 2. The van der Waals surface area contributed by atoms with Crippen molar-refractivity contribution in [3.05, 3.63) is 63.1 Å². The molecule has 24 heavy (non-hydrogen) atoms. The molecule has 0 unspecified atom stereocenters. The van der Waals surface area contributed by atoms with Gasteiger partial charge in [-0.05, 0) is 43.7 Å². The van der Waals surface area contributed by atoms with Crippen LogP contribution in [0.1, 0.15) is 41.0 Å². The van der Waals surface area contributed by atoms with Gasteiger partial charge in [0.05, 0.1) is 21.8 Å². The second-order valence-corrected chi connectivity index (χ2v) is 6.73. The summed E-state index contributed by atoms with van der Waals surface area (Å²) in [6, 6.07) is 12.0. The normalized spacial score (nSPS) is 11.7. The smallest absolute Gasteiger partial charge is 0.257 e. The Bertz CT molecular complexity index is 764. The van der Waals surface area contributed by atoms with E-state index in [9.17, 15) is 9.59 Å². The topological polar surface area (TPSA) is 58.2 Å². The van der Waals surface area contributed by atoms with Gasteiger partial charge in [-0.1, -0.05) is 46.6 Å². The van der Waals surface area contributed by atoms with Gasteiger partial charge in [-0.2, -0.15) is 0 Å². The predicted molar refractivity (Wildman–Crippen MR) is 101 cm³/mol. The Morgan fingerprint density at radius 3 is 2.54 bits per heavy atom. The maximum Gasteiger partial charge on any atom is 0.257 e. The lowest BCUT2D eigenvalue weighted by molar-refractivity contribution is 0.0940. The average Bonchev–Trinajstić information content (AvgIpc) is 2.57. The van der Waals surface area contributed by atoms with Crippen LogP contribution in [0.2, 0.25) is 5.02 Å². The third-order valence-electron chi connectivity index (χ3n) is 3.58. The minimum atomic E-state index is -0.370. The van der Waals surface area contributed by atoms with Crippen LogP contribution >= 0.6 is 27.5 Å². The lowest BCUT2D eigenvalue weighted by atomic mass is 10.1. The van der Waals surface area contributed by atoms with Gasteiger partial charge in [-0.3, -0.25) is 9.59 Å².